The highest BCUT2D eigenvalue weighted by atomic mass is 15.3. The first-order valence-electron chi connectivity index (χ1n) is 9.85. The van der Waals surface area contributed by atoms with E-state index < -0.39 is 0 Å². The van der Waals surface area contributed by atoms with Gasteiger partial charge in [-0.25, -0.2) is 0 Å². The highest BCUT2D eigenvalue weighted by molar-refractivity contribution is 4.87. The number of piperidine rings is 1. The van der Waals surface area contributed by atoms with Gasteiger partial charge in [0.25, 0.3) is 0 Å². The van der Waals surface area contributed by atoms with Crippen LogP contribution < -0.4 is 0 Å². The topological polar surface area (TPSA) is 9.72 Å². The van der Waals surface area contributed by atoms with Crippen molar-refractivity contribution in [3.05, 3.63) is 0 Å². The van der Waals surface area contributed by atoms with E-state index in [0.717, 1.165) is 24.0 Å². The lowest BCUT2D eigenvalue weighted by Gasteiger charge is -2.46. The van der Waals surface area contributed by atoms with E-state index in [4.69, 9.17) is 0 Å². The average molecular weight is 308 g/mol. The molecule has 3 aliphatic rings. The molecule has 1 aliphatic carbocycles. The number of hydrogen-bond acceptors (Lipinski definition) is 3. The summed E-state index contributed by atoms with van der Waals surface area (Å²) >= 11 is 0. The zero-order chi connectivity index (χ0) is 15.5. The second kappa shape index (κ2) is 7.63. The van der Waals surface area contributed by atoms with E-state index in [2.05, 4.69) is 35.5 Å². The minimum atomic E-state index is 0.728. The SMILES string of the molecule is CC1CCC(N2CCN(C3CCN(C(C)C)CC3)CC2)CC1. The molecule has 2 heterocycles. The van der Waals surface area contributed by atoms with Gasteiger partial charge in [0.05, 0.1) is 0 Å². The maximum absolute atomic E-state index is 2.81. The van der Waals surface area contributed by atoms with Crippen LogP contribution in [0, 0.1) is 5.92 Å². The van der Waals surface area contributed by atoms with Crippen molar-refractivity contribution in [3.8, 4) is 0 Å². The van der Waals surface area contributed by atoms with Crippen LogP contribution in [0.3, 0.4) is 0 Å². The summed E-state index contributed by atoms with van der Waals surface area (Å²) in [7, 11) is 0. The number of nitrogens with zero attached hydrogens (tertiary/aromatic N) is 3. The van der Waals surface area contributed by atoms with Crippen LogP contribution >= 0.6 is 0 Å². The van der Waals surface area contributed by atoms with Crippen molar-refractivity contribution in [2.24, 2.45) is 5.92 Å². The lowest BCUT2D eigenvalue weighted by molar-refractivity contribution is 0.0276. The Balaban J connectivity index is 1.40. The zero-order valence-electron chi connectivity index (χ0n) is 15.1. The summed E-state index contributed by atoms with van der Waals surface area (Å²) in [5, 5.41) is 0. The molecule has 2 saturated heterocycles. The monoisotopic (exact) mass is 307 g/mol. The summed E-state index contributed by atoms with van der Waals surface area (Å²) in [4.78, 5) is 8.27. The molecule has 0 spiro atoms. The molecule has 0 atom stereocenters. The fourth-order valence-electron chi connectivity index (χ4n) is 4.84. The van der Waals surface area contributed by atoms with Gasteiger partial charge in [-0.3, -0.25) is 9.80 Å². The first-order chi connectivity index (χ1) is 10.6. The van der Waals surface area contributed by atoms with Gasteiger partial charge in [0, 0.05) is 44.3 Å². The summed E-state index contributed by atoms with van der Waals surface area (Å²) in [5.74, 6) is 0.976. The summed E-state index contributed by atoms with van der Waals surface area (Å²) < 4.78 is 0. The zero-order valence-corrected chi connectivity index (χ0v) is 15.1. The fraction of sp³-hybridized carbons (Fsp3) is 1.00. The molecule has 3 nitrogen and oxygen atoms in total. The van der Waals surface area contributed by atoms with E-state index in [-0.39, 0.29) is 0 Å². The van der Waals surface area contributed by atoms with Crippen LogP contribution in [0.5, 0.6) is 0 Å². The van der Waals surface area contributed by atoms with E-state index >= 15 is 0 Å². The molecule has 0 aromatic rings. The van der Waals surface area contributed by atoms with Gasteiger partial charge in [0.1, 0.15) is 0 Å². The van der Waals surface area contributed by atoms with Crippen LogP contribution in [-0.2, 0) is 0 Å². The van der Waals surface area contributed by atoms with Gasteiger partial charge in [-0.15, -0.1) is 0 Å². The van der Waals surface area contributed by atoms with Crippen molar-refractivity contribution >= 4 is 0 Å². The van der Waals surface area contributed by atoms with Gasteiger partial charge in [0.15, 0.2) is 0 Å². The third-order valence-corrected chi connectivity index (χ3v) is 6.60. The molecule has 128 valence electrons. The number of rotatable bonds is 3. The molecular weight excluding hydrogens is 270 g/mol. The van der Waals surface area contributed by atoms with E-state index in [1.165, 1.54) is 77.8 Å². The number of piperazine rings is 1. The molecule has 0 unspecified atom stereocenters. The van der Waals surface area contributed by atoms with Crippen LogP contribution in [0.15, 0.2) is 0 Å². The molecule has 3 heteroatoms. The second-order valence-electron chi connectivity index (χ2n) is 8.35. The Morgan fingerprint density at radius 2 is 1.09 bits per heavy atom. The summed E-state index contributed by atoms with van der Waals surface area (Å²) in [6.45, 7) is 15.0. The van der Waals surface area contributed by atoms with Crippen LogP contribution in [0.25, 0.3) is 0 Å². The van der Waals surface area contributed by atoms with Gasteiger partial charge in [-0.1, -0.05) is 6.92 Å². The summed E-state index contributed by atoms with van der Waals surface area (Å²) in [5.41, 5.74) is 0. The average Bonchev–Trinajstić information content (AvgIpc) is 2.56. The Hall–Kier alpha value is -0.120. The first-order valence-corrected chi connectivity index (χ1v) is 9.85. The van der Waals surface area contributed by atoms with Crippen LogP contribution in [0.4, 0.5) is 0 Å². The standard InChI is InChI=1S/C19H37N3/c1-16(2)20-10-8-19(9-11-20)22-14-12-21(13-15-22)18-6-4-17(3)5-7-18/h16-19H,4-15H2,1-3H3. The Labute approximate surface area is 138 Å². The van der Waals surface area contributed by atoms with Crippen LogP contribution in [-0.4, -0.2) is 72.1 Å². The molecule has 0 amide bonds. The van der Waals surface area contributed by atoms with E-state index in [9.17, 15) is 0 Å². The molecule has 3 rings (SSSR count). The van der Waals surface area contributed by atoms with Crippen LogP contribution in [0.2, 0.25) is 0 Å². The lowest BCUT2D eigenvalue weighted by atomic mass is 9.86. The van der Waals surface area contributed by atoms with Crippen molar-refractivity contribution in [3.63, 3.8) is 0 Å². The van der Waals surface area contributed by atoms with Crippen molar-refractivity contribution in [1.29, 1.82) is 0 Å². The van der Waals surface area contributed by atoms with E-state index in [1.54, 1.807) is 0 Å². The Morgan fingerprint density at radius 1 is 0.636 bits per heavy atom. The first kappa shape index (κ1) is 16.7. The van der Waals surface area contributed by atoms with E-state index in [0.29, 0.717) is 0 Å². The van der Waals surface area contributed by atoms with E-state index in [1.807, 2.05) is 0 Å². The predicted octanol–water partition coefficient (Wildman–Crippen LogP) is 3.06. The molecule has 1 saturated carbocycles. The molecule has 0 N–H and O–H groups in total. The molecule has 0 aromatic carbocycles. The normalized spacial score (nSPS) is 34.4. The van der Waals surface area contributed by atoms with Gasteiger partial charge in [-0.2, -0.15) is 0 Å². The quantitative estimate of drug-likeness (QED) is 0.793. The Morgan fingerprint density at radius 3 is 1.55 bits per heavy atom. The lowest BCUT2D eigenvalue weighted by Crippen LogP contribution is -2.55. The minimum Gasteiger partial charge on any atom is -0.301 e. The predicted molar refractivity (Wildman–Crippen MR) is 94.3 cm³/mol. The van der Waals surface area contributed by atoms with Gasteiger partial charge >= 0.3 is 0 Å². The molecule has 3 fully saturated rings. The highest BCUT2D eigenvalue weighted by Gasteiger charge is 2.31. The molecule has 22 heavy (non-hydrogen) atoms. The van der Waals surface area contributed by atoms with Crippen LogP contribution in [0.1, 0.15) is 59.3 Å². The second-order valence-corrected chi connectivity index (χ2v) is 8.35. The molecule has 0 bridgehead atoms. The minimum absolute atomic E-state index is 0.728. The van der Waals surface area contributed by atoms with Crippen molar-refractivity contribution in [2.75, 3.05) is 39.3 Å². The van der Waals surface area contributed by atoms with Crippen molar-refractivity contribution < 1.29 is 0 Å². The summed E-state index contributed by atoms with van der Waals surface area (Å²) in [6, 6.07) is 2.50. The maximum atomic E-state index is 2.81. The van der Waals surface area contributed by atoms with Gasteiger partial charge < -0.3 is 4.90 Å². The molecular formula is C19H37N3. The maximum Gasteiger partial charge on any atom is 0.0121 e. The smallest absolute Gasteiger partial charge is 0.0121 e. The Kier molecular flexibility index (Phi) is 5.80. The number of likely N-dealkylation sites (tertiary alicyclic amines) is 1. The molecule has 0 radical (unpaired) electrons. The number of hydrogen-bond donors (Lipinski definition) is 0. The van der Waals surface area contributed by atoms with Crippen molar-refractivity contribution in [1.82, 2.24) is 14.7 Å². The fourth-order valence-corrected chi connectivity index (χ4v) is 4.84. The molecule has 2 aliphatic heterocycles. The third-order valence-electron chi connectivity index (χ3n) is 6.60. The third kappa shape index (κ3) is 4.04. The van der Waals surface area contributed by atoms with Gasteiger partial charge in [0.2, 0.25) is 0 Å². The van der Waals surface area contributed by atoms with Gasteiger partial charge in [-0.05, 0) is 71.4 Å². The molecule has 0 aromatic heterocycles. The largest absolute Gasteiger partial charge is 0.301 e. The highest BCUT2D eigenvalue weighted by Crippen LogP contribution is 2.28. The summed E-state index contributed by atoms with van der Waals surface area (Å²) in [6.07, 6.45) is 8.59. The van der Waals surface area contributed by atoms with Crippen molar-refractivity contribution in [2.45, 2.75) is 77.4 Å². The Bertz CT molecular complexity index is 320.